The van der Waals surface area contributed by atoms with Gasteiger partial charge in [0.15, 0.2) is 13.1 Å². The number of anilines is 1. The van der Waals surface area contributed by atoms with Gasteiger partial charge in [-0.3, -0.25) is 9.59 Å². The van der Waals surface area contributed by atoms with Crippen LogP contribution in [0.25, 0.3) is 0 Å². The topological polar surface area (TPSA) is 61.5 Å². The van der Waals surface area contributed by atoms with E-state index in [0.717, 1.165) is 52.4 Å². The summed E-state index contributed by atoms with van der Waals surface area (Å²) in [4.78, 5) is 32.0. The first-order chi connectivity index (χ1) is 14.2. The minimum absolute atomic E-state index is 0.0910. The molecule has 1 aromatic rings. The fourth-order valence-corrected chi connectivity index (χ4v) is 4.42. The highest BCUT2D eigenvalue weighted by atomic mass is 16.2. The van der Waals surface area contributed by atoms with Crippen LogP contribution in [-0.4, -0.2) is 87.7 Å². The van der Waals surface area contributed by atoms with Crippen LogP contribution >= 0.6 is 0 Å². The van der Waals surface area contributed by atoms with E-state index < -0.39 is 0 Å². The fourth-order valence-electron chi connectivity index (χ4n) is 4.42. The number of para-hydroxylation sites is 1. The summed E-state index contributed by atoms with van der Waals surface area (Å²) < 4.78 is 0. The van der Waals surface area contributed by atoms with Crippen molar-refractivity contribution in [2.24, 2.45) is 0 Å². The van der Waals surface area contributed by atoms with Gasteiger partial charge in [-0.05, 0) is 39.3 Å². The third kappa shape index (κ3) is 6.44. The standard InChI is InChI=1S/C23H37N5O2/c1-19-7-5-6-8-20(19)27-13-9-26(10-14-27)18-22(30)28-15-11-25(12-16-28)17-21(29)24-23(2,3)4/h5-8H,9-18H2,1-4H3,(H,24,29)/p+2. The van der Waals surface area contributed by atoms with Gasteiger partial charge in [0.2, 0.25) is 0 Å². The van der Waals surface area contributed by atoms with Gasteiger partial charge < -0.3 is 24.9 Å². The molecule has 2 heterocycles. The Morgan fingerprint density at radius 1 is 0.933 bits per heavy atom. The van der Waals surface area contributed by atoms with Gasteiger partial charge in [0.05, 0.1) is 52.4 Å². The quantitative estimate of drug-likeness (QED) is 0.538. The molecule has 2 aliphatic heterocycles. The number of carbonyl (C=O) groups excluding carboxylic acids is 2. The van der Waals surface area contributed by atoms with Crippen molar-refractivity contribution < 1.29 is 19.4 Å². The van der Waals surface area contributed by atoms with Gasteiger partial charge >= 0.3 is 0 Å². The second-order valence-electron chi connectivity index (χ2n) is 9.81. The van der Waals surface area contributed by atoms with Crippen LogP contribution in [0.5, 0.6) is 0 Å². The molecule has 0 radical (unpaired) electrons. The van der Waals surface area contributed by atoms with Gasteiger partial charge in [-0.15, -0.1) is 0 Å². The van der Waals surface area contributed by atoms with Crippen LogP contribution in [0.4, 0.5) is 5.69 Å². The molecule has 166 valence electrons. The highest BCUT2D eigenvalue weighted by Gasteiger charge is 2.29. The second kappa shape index (κ2) is 9.79. The molecule has 2 aliphatic rings. The summed E-state index contributed by atoms with van der Waals surface area (Å²) in [5.41, 5.74) is 2.44. The van der Waals surface area contributed by atoms with Crippen LogP contribution in [0.1, 0.15) is 26.3 Å². The van der Waals surface area contributed by atoms with Crippen molar-refractivity contribution >= 4 is 17.5 Å². The Kier molecular flexibility index (Phi) is 7.36. The lowest BCUT2D eigenvalue weighted by Gasteiger charge is -2.36. The molecule has 7 nitrogen and oxygen atoms in total. The predicted octanol–water partition coefficient (Wildman–Crippen LogP) is -1.66. The first kappa shape index (κ1) is 22.6. The smallest absolute Gasteiger partial charge is 0.278 e. The third-order valence-corrected chi connectivity index (χ3v) is 6.08. The molecule has 7 heteroatoms. The van der Waals surface area contributed by atoms with Crippen LogP contribution in [0, 0.1) is 6.92 Å². The molecule has 0 atom stereocenters. The Morgan fingerprint density at radius 3 is 2.10 bits per heavy atom. The first-order valence-corrected chi connectivity index (χ1v) is 11.3. The van der Waals surface area contributed by atoms with Crippen LogP contribution in [-0.2, 0) is 9.59 Å². The van der Waals surface area contributed by atoms with E-state index in [1.165, 1.54) is 21.1 Å². The molecule has 0 aromatic heterocycles. The zero-order chi connectivity index (χ0) is 21.7. The van der Waals surface area contributed by atoms with E-state index in [1.54, 1.807) is 0 Å². The van der Waals surface area contributed by atoms with E-state index in [2.05, 4.69) is 41.4 Å². The molecule has 2 saturated heterocycles. The summed E-state index contributed by atoms with van der Waals surface area (Å²) >= 11 is 0. The van der Waals surface area contributed by atoms with E-state index in [0.29, 0.717) is 13.1 Å². The van der Waals surface area contributed by atoms with Crippen LogP contribution in [0.2, 0.25) is 0 Å². The number of rotatable bonds is 5. The second-order valence-corrected chi connectivity index (χ2v) is 9.81. The Labute approximate surface area is 181 Å². The lowest BCUT2D eigenvalue weighted by molar-refractivity contribution is -0.898. The average molecular weight is 418 g/mol. The lowest BCUT2D eigenvalue weighted by Crippen LogP contribution is -3.17. The van der Waals surface area contributed by atoms with E-state index in [4.69, 9.17) is 0 Å². The molecule has 30 heavy (non-hydrogen) atoms. The zero-order valence-corrected chi connectivity index (χ0v) is 19.1. The van der Waals surface area contributed by atoms with E-state index in [1.807, 2.05) is 25.7 Å². The van der Waals surface area contributed by atoms with Crippen molar-refractivity contribution in [3.8, 4) is 0 Å². The molecule has 0 saturated carbocycles. The number of hydrogen-bond donors (Lipinski definition) is 3. The fraction of sp³-hybridized carbons (Fsp3) is 0.652. The molecule has 2 amide bonds. The molecule has 2 fully saturated rings. The number of quaternary nitrogens is 2. The van der Waals surface area contributed by atoms with Gasteiger partial charge in [0.1, 0.15) is 0 Å². The molecule has 0 aliphatic carbocycles. The van der Waals surface area contributed by atoms with Gasteiger partial charge in [-0.25, -0.2) is 0 Å². The predicted molar refractivity (Wildman–Crippen MR) is 119 cm³/mol. The lowest BCUT2D eigenvalue weighted by atomic mass is 10.1. The van der Waals surface area contributed by atoms with Crippen LogP contribution in [0.3, 0.4) is 0 Å². The minimum Gasteiger partial charge on any atom is -0.360 e. The summed E-state index contributed by atoms with van der Waals surface area (Å²) in [6.45, 7) is 16.4. The monoisotopic (exact) mass is 417 g/mol. The maximum absolute atomic E-state index is 12.8. The van der Waals surface area contributed by atoms with Gasteiger partial charge in [-0.1, -0.05) is 18.2 Å². The zero-order valence-electron chi connectivity index (χ0n) is 19.1. The van der Waals surface area contributed by atoms with Crippen LogP contribution in [0.15, 0.2) is 24.3 Å². The number of nitrogens with zero attached hydrogens (tertiary/aromatic N) is 2. The molecule has 3 N–H and O–H groups in total. The summed E-state index contributed by atoms with van der Waals surface area (Å²) in [5, 5.41) is 3.03. The largest absolute Gasteiger partial charge is 0.360 e. The Hall–Kier alpha value is -2.12. The Morgan fingerprint density at radius 2 is 1.50 bits per heavy atom. The SMILES string of the molecule is Cc1ccccc1N1CC[NH+](CC(=O)N2CC[NH+](CC(=O)NC(C)(C)C)CC2)CC1. The highest BCUT2D eigenvalue weighted by molar-refractivity contribution is 5.78. The van der Waals surface area contributed by atoms with Gasteiger partial charge in [0, 0.05) is 11.2 Å². The minimum atomic E-state index is -0.194. The van der Waals surface area contributed by atoms with E-state index in [9.17, 15) is 9.59 Å². The summed E-state index contributed by atoms with van der Waals surface area (Å²) in [6.07, 6.45) is 0. The number of benzene rings is 1. The van der Waals surface area contributed by atoms with Crippen molar-refractivity contribution in [2.75, 3.05) is 70.3 Å². The maximum Gasteiger partial charge on any atom is 0.278 e. The molecule has 0 unspecified atom stereocenters. The molecule has 1 aromatic carbocycles. The molecule has 3 rings (SSSR count). The van der Waals surface area contributed by atoms with Crippen molar-refractivity contribution in [1.29, 1.82) is 0 Å². The number of nitrogens with one attached hydrogen (secondary N) is 3. The van der Waals surface area contributed by atoms with Crippen molar-refractivity contribution in [3.05, 3.63) is 29.8 Å². The van der Waals surface area contributed by atoms with Crippen molar-refractivity contribution in [1.82, 2.24) is 10.2 Å². The van der Waals surface area contributed by atoms with E-state index >= 15 is 0 Å². The molecular formula is C23H39N5O2+2. The molecular weight excluding hydrogens is 378 g/mol. The number of piperazine rings is 2. The normalized spacial score (nSPS) is 19.1. The summed E-state index contributed by atoms with van der Waals surface area (Å²) in [7, 11) is 0. The molecule has 0 bridgehead atoms. The average Bonchev–Trinajstić information content (AvgIpc) is 2.68. The summed E-state index contributed by atoms with van der Waals surface area (Å²) in [5.74, 6) is 0.348. The number of hydrogen-bond acceptors (Lipinski definition) is 3. The van der Waals surface area contributed by atoms with Gasteiger partial charge in [0.25, 0.3) is 11.8 Å². The summed E-state index contributed by atoms with van der Waals surface area (Å²) in [6, 6.07) is 8.53. The number of carbonyl (C=O) groups is 2. The highest BCUT2D eigenvalue weighted by Crippen LogP contribution is 2.18. The Bertz CT molecular complexity index is 729. The maximum atomic E-state index is 12.8. The molecule has 0 spiro atoms. The van der Waals surface area contributed by atoms with Gasteiger partial charge in [-0.2, -0.15) is 0 Å². The van der Waals surface area contributed by atoms with Crippen molar-refractivity contribution in [2.45, 2.75) is 33.2 Å². The number of aryl methyl sites for hydroxylation is 1. The van der Waals surface area contributed by atoms with E-state index in [-0.39, 0.29) is 17.4 Å². The third-order valence-electron chi connectivity index (χ3n) is 6.08. The van der Waals surface area contributed by atoms with Crippen LogP contribution < -0.4 is 20.0 Å². The number of amides is 2. The first-order valence-electron chi connectivity index (χ1n) is 11.3. The van der Waals surface area contributed by atoms with Crippen molar-refractivity contribution in [3.63, 3.8) is 0 Å². The Balaban J connectivity index is 1.38.